The number of aliphatic hydroxyl groups excluding tert-OH is 1. The third kappa shape index (κ3) is 3.56. The van der Waals surface area contributed by atoms with Crippen LogP contribution in [0.3, 0.4) is 0 Å². The van der Waals surface area contributed by atoms with Crippen molar-refractivity contribution in [3.8, 4) is 0 Å². The number of aryl methyl sites for hydroxylation is 1. The molecule has 2 unspecified atom stereocenters. The van der Waals surface area contributed by atoms with Gasteiger partial charge in [-0.3, -0.25) is 0 Å². The molecule has 0 aromatic heterocycles. The van der Waals surface area contributed by atoms with Crippen molar-refractivity contribution in [3.05, 3.63) is 34.9 Å². The largest absolute Gasteiger partial charge is 0.395 e. The van der Waals surface area contributed by atoms with E-state index in [1.807, 2.05) is 13.8 Å². The summed E-state index contributed by atoms with van der Waals surface area (Å²) in [6.45, 7) is 6.01. The Bertz CT molecular complexity index is 437. The third-order valence-corrected chi connectivity index (χ3v) is 3.94. The highest BCUT2D eigenvalue weighted by molar-refractivity contribution is 5.40. The molecule has 0 bridgehead atoms. The summed E-state index contributed by atoms with van der Waals surface area (Å²) in [6.07, 6.45) is 2.52. The average Bonchev–Trinajstić information content (AvgIpc) is 2.35. The molecule has 2 rings (SSSR count). The minimum atomic E-state index is -0.627. The van der Waals surface area contributed by atoms with Crippen LogP contribution < -0.4 is 5.32 Å². The molecule has 3 heteroatoms. The molecule has 0 aliphatic carbocycles. The van der Waals surface area contributed by atoms with Gasteiger partial charge in [0.2, 0.25) is 0 Å². The van der Waals surface area contributed by atoms with Crippen molar-refractivity contribution in [2.24, 2.45) is 0 Å². The highest BCUT2D eigenvalue weighted by Crippen LogP contribution is 2.29. The minimum absolute atomic E-state index is 0.144. The van der Waals surface area contributed by atoms with Gasteiger partial charge in [-0.25, -0.2) is 0 Å². The standard InChI is InChI=1S/C16H25NO2/c1-11-14-6-4-5-12(7-8-16(2,3)19)15(14)9-13(10-18)17-11/h4-6,11,13,17-19H,7-10H2,1-3H3. The zero-order chi connectivity index (χ0) is 14.0. The SMILES string of the molecule is CC1NC(CO)Cc2c(CCC(C)(C)O)cccc21. The second-order valence-electron chi connectivity index (χ2n) is 6.27. The number of benzene rings is 1. The van der Waals surface area contributed by atoms with Gasteiger partial charge in [-0.05, 0) is 56.7 Å². The Morgan fingerprint density at radius 1 is 1.37 bits per heavy atom. The molecule has 1 aliphatic heterocycles. The van der Waals surface area contributed by atoms with Crippen LogP contribution >= 0.6 is 0 Å². The van der Waals surface area contributed by atoms with E-state index in [4.69, 9.17) is 0 Å². The van der Waals surface area contributed by atoms with E-state index < -0.39 is 5.60 Å². The summed E-state index contributed by atoms with van der Waals surface area (Å²) in [7, 11) is 0. The van der Waals surface area contributed by atoms with E-state index in [1.165, 1.54) is 16.7 Å². The molecule has 0 saturated carbocycles. The monoisotopic (exact) mass is 263 g/mol. The molecule has 1 aromatic rings. The zero-order valence-corrected chi connectivity index (χ0v) is 12.1. The van der Waals surface area contributed by atoms with Crippen molar-refractivity contribution >= 4 is 0 Å². The molecule has 1 heterocycles. The van der Waals surface area contributed by atoms with E-state index in [9.17, 15) is 10.2 Å². The summed E-state index contributed by atoms with van der Waals surface area (Å²) in [4.78, 5) is 0. The smallest absolute Gasteiger partial charge is 0.0594 e. The highest BCUT2D eigenvalue weighted by atomic mass is 16.3. The fraction of sp³-hybridized carbons (Fsp3) is 0.625. The van der Waals surface area contributed by atoms with E-state index in [1.54, 1.807) is 0 Å². The number of fused-ring (bicyclic) bond motifs is 1. The first-order valence-corrected chi connectivity index (χ1v) is 7.10. The van der Waals surface area contributed by atoms with Gasteiger partial charge >= 0.3 is 0 Å². The van der Waals surface area contributed by atoms with Gasteiger partial charge < -0.3 is 15.5 Å². The normalized spacial score (nSPS) is 23.2. The molecule has 2 atom stereocenters. The molecular formula is C16H25NO2. The van der Waals surface area contributed by atoms with Gasteiger partial charge in [0.25, 0.3) is 0 Å². The predicted octanol–water partition coefficient (Wildman–Crippen LogP) is 1.96. The van der Waals surface area contributed by atoms with Crippen molar-refractivity contribution in [3.63, 3.8) is 0 Å². The first-order valence-electron chi connectivity index (χ1n) is 7.10. The molecule has 3 N–H and O–H groups in total. The lowest BCUT2D eigenvalue weighted by Crippen LogP contribution is -2.41. The summed E-state index contributed by atoms with van der Waals surface area (Å²) in [5.74, 6) is 0. The molecule has 0 spiro atoms. The third-order valence-electron chi connectivity index (χ3n) is 3.94. The fourth-order valence-electron chi connectivity index (χ4n) is 2.85. The molecule has 3 nitrogen and oxygen atoms in total. The molecule has 0 saturated heterocycles. The van der Waals surface area contributed by atoms with Crippen LogP contribution in [0.4, 0.5) is 0 Å². The first-order chi connectivity index (χ1) is 8.90. The first kappa shape index (κ1) is 14.5. The molecule has 0 radical (unpaired) electrons. The van der Waals surface area contributed by atoms with Gasteiger partial charge in [0, 0.05) is 12.1 Å². The van der Waals surface area contributed by atoms with Gasteiger partial charge in [-0.1, -0.05) is 18.2 Å². The number of nitrogens with one attached hydrogen (secondary N) is 1. The van der Waals surface area contributed by atoms with Crippen LogP contribution in [0.5, 0.6) is 0 Å². The van der Waals surface area contributed by atoms with Crippen molar-refractivity contribution in [1.29, 1.82) is 0 Å². The maximum atomic E-state index is 9.88. The van der Waals surface area contributed by atoms with Crippen LogP contribution in [0, 0.1) is 0 Å². The number of hydrogen-bond acceptors (Lipinski definition) is 3. The molecule has 0 amide bonds. The number of hydrogen-bond donors (Lipinski definition) is 3. The second-order valence-corrected chi connectivity index (χ2v) is 6.27. The van der Waals surface area contributed by atoms with Crippen LogP contribution in [0.15, 0.2) is 18.2 Å². The number of aliphatic hydroxyl groups is 2. The molecule has 19 heavy (non-hydrogen) atoms. The lowest BCUT2D eigenvalue weighted by molar-refractivity contribution is 0.0713. The van der Waals surface area contributed by atoms with Gasteiger partial charge in [0.15, 0.2) is 0 Å². The quantitative estimate of drug-likeness (QED) is 0.778. The van der Waals surface area contributed by atoms with E-state index in [2.05, 4.69) is 30.4 Å². The number of rotatable bonds is 4. The van der Waals surface area contributed by atoms with E-state index in [0.29, 0.717) is 0 Å². The fourth-order valence-corrected chi connectivity index (χ4v) is 2.85. The lowest BCUT2D eigenvalue weighted by Gasteiger charge is -2.32. The Morgan fingerprint density at radius 2 is 2.11 bits per heavy atom. The van der Waals surface area contributed by atoms with Crippen LogP contribution in [-0.2, 0) is 12.8 Å². The van der Waals surface area contributed by atoms with Crippen molar-refractivity contribution in [2.75, 3.05) is 6.61 Å². The van der Waals surface area contributed by atoms with Crippen LogP contribution in [-0.4, -0.2) is 28.5 Å². The van der Waals surface area contributed by atoms with Crippen molar-refractivity contribution < 1.29 is 10.2 Å². The maximum Gasteiger partial charge on any atom is 0.0594 e. The molecule has 0 fully saturated rings. The van der Waals surface area contributed by atoms with Crippen LogP contribution in [0.2, 0.25) is 0 Å². The van der Waals surface area contributed by atoms with E-state index in [-0.39, 0.29) is 18.7 Å². The Balaban J connectivity index is 2.24. The molecule has 1 aliphatic rings. The zero-order valence-electron chi connectivity index (χ0n) is 12.1. The topological polar surface area (TPSA) is 52.5 Å². The molecule has 106 valence electrons. The second kappa shape index (κ2) is 5.61. The summed E-state index contributed by atoms with van der Waals surface area (Å²) in [5, 5.41) is 22.7. The summed E-state index contributed by atoms with van der Waals surface area (Å²) < 4.78 is 0. The van der Waals surface area contributed by atoms with Gasteiger partial charge in [-0.15, -0.1) is 0 Å². The Labute approximate surface area is 115 Å². The van der Waals surface area contributed by atoms with Crippen molar-refractivity contribution in [2.45, 2.75) is 57.7 Å². The summed E-state index contributed by atoms with van der Waals surface area (Å²) in [6, 6.07) is 6.83. The Hall–Kier alpha value is -0.900. The van der Waals surface area contributed by atoms with E-state index in [0.717, 1.165) is 19.3 Å². The van der Waals surface area contributed by atoms with Crippen molar-refractivity contribution in [1.82, 2.24) is 5.32 Å². The maximum absolute atomic E-state index is 9.88. The van der Waals surface area contributed by atoms with Gasteiger partial charge in [0.05, 0.1) is 12.2 Å². The average molecular weight is 263 g/mol. The van der Waals surface area contributed by atoms with E-state index >= 15 is 0 Å². The Morgan fingerprint density at radius 3 is 2.74 bits per heavy atom. The van der Waals surface area contributed by atoms with Crippen LogP contribution in [0.25, 0.3) is 0 Å². The van der Waals surface area contributed by atoms with Gasteiger partial charge in [-0.2, -0.15) is 0 Å². The minimum Gasteiger partial charge on any atom is -0.395 e. The molecular weight excluding hydrogens is 238 g/mol. The lowest BCUT2D eigenvalue weighted by atomic mass is 9.85. The highest BCUT2D eigenvalue weighted by Gasteiger charge is 2.25. The summed E-state index contributed by atoms with van der Waals surface area (Å²) >= 11 is 0. The predicted molar refractivity (Wildman–Crippen MR) is 77.2 cm³/mol. The molecule has 1 aromatic carbocycles. The summed E-state index contributed by atoms with van der Waals surface area (Å²) in [5.41, 5.74) is 3.37. The van der Waals surface area contributed by atoms with Crippen LogP contribution in [0.1, 0.15) is 49.9 Å². The van der Waals surface area contributed by atoms with Gasteiger partial charge in [0.1, 0.15) is 0 Å². The Kier molecular flexibility index (Phi) is 4.29.